The second kappa shape index (κ2) is 6.32. The van der Waals surface area contributed by atoms with Crippen LogP contribution in [0.1, 0.15) is 32.1 Å². The van der Waals surface area contributed by atoms with Gasteiger partial charge in [-0.3, -0.25) is 0 Å². The van der Waals surface area contributed by atoms with Gasteiger partial charge in [-0.1, -0.05) is 12.8 Å². The van der Waals surface area contributed by atoms with Crippen LogP contribution in [0, 0.1) is 11.8 Å². The van der Waals surface area contributed by atoms with E-state index in [1.165, 1.54) is 12.8 Å². The minimum absolute atomic E-state index is 0.0835. The third-order valence-electron chi connectivity index (χ3n) is 4.03. The standard InChI is InChI=1S/C12H24N2O3S/c13-7-12(11-3-1-2-4-11)14-18(15,16)9-10-5-6-17-8-10/h10-12,14H,1-9,13H2. The first-order valence-electron chi connectivity index (χ1n) is 6.88. The molecule has 106 valence electrons. The van der Waals surface area contributed by atoms with Crippen LogP contribution in [0.5, 0.6) is 0 Å². The van der Waals surface area contributed by atoms with Crippen LogP contribution < -0.4 is 10.5 Å². The van der Waals surface area contributed by atoms with Crippen molar-refractivity contribution in [3.8, 4) is 0 Å². The minimum atomic E-state index is -3.22. The molecule has 5 nitrogen and oxygen atoms in total. The molecule has 1 aliphatic heterocycles. The summed E-state index contributed by atoms with van der Waals surface area (Å²) in [6, 6.07) is -0.0835. The third-order valence-corrected chi connectivity index (χ3v) is 5.60. The highest BCUT2D eigenvalue weighted by Crippen LogP contribution is 2.28. The Morgan fingerprint density at radius 2 is 2.00 bits per heavy atom. The summed E-state index contributed by atoms with van der Waals surface area (Å²) in [5, 5.41) is 0. The Hall–Kier alpha value is -0.170. The molecule has 0 spiro atoms. The number of hydrogen-bond donors (Lipinski definition) is 2. The SMILES string of the molecule is NCC(NS(=O)(=O)CC1CCOC1)C1CCCC1. The first kappa shape index (κ1) is 14.2. The maximum atomic E-state index is 12.1. The van der Waals surface area contributed by atoms with Crippen molar-refractivity contribution in [1.82, 2.24) is 4.72 Å². The number of nitrogens with two attached hydrogens (primary N) is 1. The molecule has 0 amide bonds. The van der Waals surface area contributed by atoms with Crippen LogP contribution >= 0.6 is 0 Å². The summed E-state index contributed by atoms with van der Waals surface area (Å²) in [5.74, 6) is 0.741. The summed E-state index contributed by atoms with van der Waals surface area (Å²) in [6.45, 7) is 1.64. The molecule has 2 fully saturated rings. The summed E-state index contributed by atoms with van der Waals surface area (Å²) in [5.41, 5.74) is 5.72. The molecular formula is C12H24N2O3S. The Balaban J connectivity index is 1.88. The van der Waals surface area contributed by atoms with Crippen molar-refractivity contribution < 1.29 is 13.2 Å². The van der Waals surface area contributed by atoms with Gasteiger partial charge in [0.05, 0.1) is 12.4 Å². The summed E-state index contributed by atoms with van der Waals surface area (Å²) < 4.78 is 32.2. The van der Waals surface area contributed by atoms with Crippen molar-refractivity contribution >= 4 is 10.0 Å². The van der Waals surface area contributed by atoms with Crippen molar-refractivity contribution in [1.29, 1.82) is 0 Å². The first-order chi connectivity index (χ1) is 8.61. The van der Waals surface area contributed by atoms with Crippen LogP contribution in [-0.2, 0) is 14.8 Å². The van der Waals surface area contributed by atoms with E-state index in [1.807, 2.05) is 0 Å². The third kappa shape index (κ3) is 3.91. The normalized spacial score (nSPS) is 27.7. The van der Waals surface area contributed by atoms with Gasteiger partial charge in [-0.05, 0) is 31.1 Å². The fourth-order valence-corrected chi connectivity index (χ4v) is 4.73. The summed E-state index contributed by atoms with van der Waals surface area (Å²) in [4.78, 5) is 0. The molecule has 0 aromatic carbocycles. The molecule has 3 N–H and O–H groups in total. The van der Waals surface area contributed by atoms with E-state index in [9.17, 15) is 8.42 Å². The van der Waals surface area contributed by atoms with Crippen molar-refractivity contribution in [3.05, 3.63) is 0 Å². The zero-order valence-electron chi connectivity index (χ0n) is 10.8. The van der Waals surface area contributed by atoms with Crippen LogP contribution in [-0.4, -0.2) is 40.0 Å². The average molecular weight is 276 g/mol. The summed E-state index contributed by atoms with van der Waals surface area (Å²) in [7, 11) is -3.22. The Bertz CT molecular complexity index is 346. The zero-order chi connectivity index (χ0) is 13.0. The second-order valence-electron chi connectivity index (χ2n) is 5.52. The van der Waals surface area contributed by atoms with Gasteiger partial charge in [-0.2, -0.15) is 0 Å². The molecule has 0 bridgehead atoms. The number of ether oxygens (including phenoxy) is 1. The van der Waals surface area contributed by atoms with Crippen molar-refractivity contribution in [2.24, 2.45) is 17.6 Å². The van der Waals surface area contributed by atoms with Crippen LogP contribution in [0.25, 0.3) is 0 Å². The van der Waals surface area contributed by atoms with E-state index >= 15 is 0 Å². The Morgan fingerprint density at radius 1 is 1.28 bits per heavy atom. The number of nitrogens with one attached hydrogen (secondary N) is 1. The van der Waals surface area contributed by atoms with Gasteiger partial charge in [0, 0.05) is 19.2 Å². The number of sulfonamides is 1. The lowest BCUT2D eigenvalue weighted by atomic mass is 9.99. The lowest BCUT2D eigenvalue weighted by Crippen LogP contribution is -2.46. The van der Waals surface area contributed by atoms with E-state index in [0.717, 1.165) is 19.3 Å². The molecule has 2 atom stereocenters. The second-order valence-corrected chi connectivity index (χ2v) is 7.31. The first-order valence-corrected chi connectivity index (χ1v) is 8.54. The van der Waals surface area contributed by atoms with E-state index in [4.69, 9.17) is 10.5 Å². The van der Waals surface area contributed by atoms with Gasteiger partial charge in [0.25, 0.3) is 0 Å². The lowest BCUT2D eigenvalue weighted by molar-refractivity contribution is 0.188. The number of rotatable bonds is 6. The van der Waals surface area contributed by atoms with E-state index in [2.05, 4.69) is 4.72 Å². The summed E-state index contributed by atoms with van der Waals surface area (Å²) >= 11 is 0. The van der Waals surface area contributed by atoms with Gasteiger partial charge in [-0.15, -0.1) is 0 Å². The maximum absolute atomic E-state index is 12.1. The van der Waals surface area contributed by atoms with E-state index < -0.39 is 10.0 Å². The van der Waals surface area contributed by atoms with Crippen molar-refractivity contribution in [2.75, 3.05) is 25.5 Å². The minimum Gasteiger partial charge on any atom is -0.381 e. The highest BCUT2D eigenvalue weighted by molar-refractivity contribution is 7.89. The molecule has 0 radical (unpaired) electrons. The van der Waals surface area contributed by atoms with Crippen LogP contribution in [0.2, 0.25) is 0 Å². The van der Waals surface area contributed by atoms with Gasteiger partial charge >= 0.3 is 0 Å². The van der Waals surface area contributed by atoms with E-state index in [1.54, 1.807) is 0 Å². The Labute approximate surface area is 110 Å². The largest absolute Gasteiger partial charge is 0.381 e. The van der Waals surface area contributed by atoms with Gasteiger partial charge in [-0.25, -0.2) is 13.1 Å². The molecule has 1 heterocycles. The Morgan fingerprint density at radius 3 is 2.56 bits per heavy atom. The molecule has 6 heteroatoms. The summed E-state index contributed by atoms with van der Waals surface area (Å²) in [6.07, 6.45) is 5.42. The van der Waals surface area contributed by atoms with Gasteiger partial charge in [0.1, 0.15) is 0 Å². The molecule has 0 aromatic rings. The predicted molar refractivity (Wildman–Crippen MR) is 70.6 cm³/mol. The van der Waals surface area contributed by atoms with Gasteiger partial charge in [0.15, 0.2) is 0 Å². The molecule has 2 aliphatic rings. The maximum Gasteiger partial charge on any atom is 0.212 e. The fourth-order valence-electron chi connectivity index (χ4n) is 3.00. The molecule has 1 saturated heterocycles. The van der Waals surface area contributed by atoms with Crippen LogP contribution in [0.15, 0.2) is 0 Å². The molecule has 18 heavy (non-hydrogen) atoms. The van der Waals surface area contributed by atoms with Gasteiger partial charge < -0.3 is 10.5 Å². The molecule has 1 aliphatic carbocycles. The van der Waals surface area contributed by atoms with Crippen LogP contribution in [0.4, 0.5) is 0 Å². The van der Waals surface area contributed by atoms with Gasteiger partial charge in [0.2, 0.25) is 10.0 Å². The van der Waals surface area contributed by atoms with Crippen molar-refractivity contribution in [2.45, 2.75) is 38.1 Å². The lowest BCUT2D eigenvalue weighted by Gasteiger charge is -2.23. The van der Waals surface area contributed by atoms with Crippen LogP contribution in [0.3, 0.4) is 0 Å². The van der Waals surface area contributed by atoms with E-state index in [-0.39, 0.29) is 17.7 Å². The molecule has 1 saturated carbocycles. The molecule has 2 rings (SSSR count). The Kier molecular flexibility index (Phi) is 5.00. The van der Waals surface area contributed by atoms with E-state index in [0.29, 0.717) is 25.7 Å². The molecule has 0 aromatic heterocycles. The van der Waals surface area contributed by atoms with Crippen molar-refractivity contribution in [3.63, 3.8) is 0 Å². The fraction of sp³-hybridized carbons (Fsp3) is 1.00. The highest BCUT2D eigenvalue weighted by atomic mass is 32.2. The smallest absolute Gasteiger partial charge is 0.212 e. The quantitative estimate of drug-likeness (QED) is 0.738. The topological polar surface area (TPSA) is 81.4 Å². The average Bonchev–Trinajstić information content (AvgIpc) is 2.97. The highest BCUT2D eigenvalue weighted by Gasteiger charge is 2.29. The predicted octanol–water partition coefficient (Wildman–Crippen LogP) is 0.460. The molecule has 2 unspecified atom stereocenters. The zero-order valence-corrected chi connectivity index (χ0v) is 11.6. The molecular weight excluding hydrogens is 252 g/mol. The monoisotopic (exact) mass is 276 g/mol. The number of hydrogen-bond acceptors (Lipinski definition) is 4.